The van der Waals surface area contributed by atoms with Crippen LogP contribution >= 0.6 is 0 Å². The Bertz CT molecular complexity index is 545. The maximum atomic E-state index is 5.17. The van der Waals surface area contributed by atoms with Crippen LogP contribution < -0.4 is 10.1 Å². The number of hydrogen-bond acceptors (Lipinski definition) is 3. The van der Waals surface area contributed by atoms with Crippen molar-refractivity contribution in [2.24, 2.45) is 0 Å². The van der Waals surface area contributed by atoms with Gasteiger partial charge in [-0.05, 0) is 35.7 Å². The molecule has 0 saturated carbocycles. The molecule has 4 heteroatoms. The number of fused-ring (bicyclic) bond motifs is 1. The van der Waals surface area contributed by atoms with Crippen molar-refractivity contribution in [2.45, 2.75) is 19.4 Å². The highest BCUT2D eigenvalue weighted by Crippen LogP contribution is 2.25. The monoisotopic (exact) mass is 243 g/mol. The molecule has 0 radical (unpaired) electrons. The summed E-state index contributed by atoms with van der Waals surface area (Å²) in [4.78, 5) is 0. The van der Waals surface area contributed by atoms with Gasteiger partial charge in [0.25, 0.3) is 0 Å². The van der Waals surface area contributed by atoms with Crippen LogP contribution in [0.15, 0.2) is 30.5 Å². The van der Waals surface area contributed by atoms with Crippen LogP contribution in [0, 0.1) is 0 Å². The Balaban J connectivity index is 2.01. The van der Waals surface area contributed by atoms with Gasteiger partial charge in [-0.2, -0.15) is 5.10 Å². The number of nitrogens with one attached hydrogen (secondary N) is 1. The molecule has 4 nitrogen and oxygen atoms in total. The number of ether oxygens (including phenoxy) is 1. The summed E-state index contributed by atoms with van der Waals surface area (Å²) in [5.74, 6) is 1.40. The average Bonchev–Trinajstić information content (AvgIpc) is 2.84. The van der Waals surface area contributed by atoms with Crippen molar-refractivity contribution < 1.29 is 4.74 Å². The van der Waals surface area contributed by atoms with E-state index in [-0.39, 0.29) is 0 Å². The Kier molecular flexibility index (Phi) is 2.80. The second-order valence-electron chi connectivity index (χ2n) is 4.69. The number of hydrogen-bond donors (Lipinski definition) is 1. The Morgan fingerprint density at radius 2 is 2.11 bits per heavy atom. The molecular weight excluding hydrogens is 226 g/mol. The highest BCUT2D eigenvalue weighted by Gasteiger charge is 2.20. The van der Waals surface area contributed by atoms with Gasteiger partial charge in [-0.25, -0.2) is 4.68 Å². The summed E-state index contributed by atoms with van der Waals surface area (Å²) in [5, 5.41) is 7.93. The minimum atomic E-state index is 0.528. The summed E-state index contributed by atoms with van der Waals surface area (Å²) in [6.45, 7) is 4.14. The van der Waals surface area contributed by atoms with E-state index in [0.717, 1.165) is 24.5 Å². The number of aromatic nitrogens is 2. The third-order valence-electron chi connectivity index (χ3n) is 3.49. The molecule has 0 bridgehead atoms. The van der Waals surface area contributed by atoms with Gasteiger partial charge in [0.15, 0.2) is 0 Å². The minimum Gasteiger partial charge on any atom is -0.497 e. The quantitative estimate of drug-likeness (QED) is 0.877. The van der Waals surface area contributed by atoms with Crippen LogP contribution in [-0.2, 0) is 6.54 Å². The molecule has 0 aliphatic carbocycles. The van der Waals surface area contributed by atoms with Crippen LogP contribution in [0.5, 0.6) is 5.75 Å². The molecule has 0 amide bonds. The minimum absolute atomic E-state index is 0.528. The van der Waals surface area contributed by atoms with Gasteiger partial charge in [0.05, 0.1) is 24.7 Å². The Morgan fingerprint density at radius 1 is 1.33 bits per heavy atom. The third-order valence-corrected chi connectivity index (χ3v) is 3.49. The lowest BCUT2D eigenvalue weighted by atomic mass is 9.98. The van der Waals surface area contributed by atoms with Gasteiger partial charge in [-0.3, -0.25) is 0 Å². The lowest BCUT2D eigenvalue weighted by Crippen LogP contribution is -2.27. The van der Waals surface area contributed by atoms with Gasteiger partial charge >= 0.3 is 0 Å². The Labute approximate surface area is 107 Å². The largest absolute Gasteiger partial charge is 0.497 e. The highest BCUT2D eigenvalue weighted by molar-refractivity contribution is 5.40. The molecule has 2 aromatic rings. The van der Waals surface area contributed by atoms with Gasteiger partial charge in [-0.15, -0.1) is 0 Å². The number of benzene rings is 1. The van der Waals surface area contributed by atoms with E-state index < -0.39 is 0 Å². The van der Waals surface area contributed by atoms with Crippen LogP contribution in [-0.4, -0.2) is 23.4 Å². The van der Waals surface area contributed by atoms with E-state index in [2.05, 4.69) is 17.3 Å². The third kappa shape index (κ3) is 1.78. The molecule has 3 rings (SSSR count). The Hall–Kier alpha value is -1.81. The maximum Gasteiger partial charge on any atom is 0.119 e. The topological polar surface area (TPSA) is 39.1 Å². The van der Waals surface area contributed by atoms with E-state index in [4.69, 9.17) is 4.74 Å². The van der Waals surface area contributed by atoms with Gasteiger partial charge in [0.1, 0.15) is 5.75 Å². The number of methoxy groups -OCH3 is 1. The summed E-state index contributed by atoms with van der Waals surface area (Å²) in [6, 6.07) is 7.99. The lowest BCUT2D eigenvalue weighted by Gasteiger charge is -2.20. The first-order valence-electron chi connectivity index (χ1n) is 6.21. The molecule has 1 aliphatic rings. The van der Waals surface area contributed by atoms with Gasteiger partial charge in [-0.1, -0.05) is 6.92 Å². The smallest absolute Gasteiger partial charge is 0.119 e. The van der Waals surface area contributed by atoms with E-state index >= 15 is 0 Å². The van der Waals surface area contributed by atoms with Gasteiger partial charge in [0, 0.05) is 13.1 Å². The van der Waals surface area contributed by atoms with E-state index in [1.54, 1.807) is 7.11 Å². The highest BCUT2D eigenvalue weighted by atomic mass is 16.5. The fourth-order valence-electron chi connectivity index (χ4n) is 2.44. The van der Waals surface area contributed by atoms with E-state index in [1.807, 2.05) is 35.1 Å². The average molecular weight is 243 g/mol. The zero-order valence-electron chi connectivity index (χ0n) is 10.7. The first kappa shape index (κ1) is 11.3. The molecule has 94 valence electrons. The fourth-order valence-corrected chi connectivity index (χ4v) is 2.44. The molecule has 1 atom stereocenters. The van der Waals surface area contributed by atoms with Crippen molar-refractivity contribution in [2.75, 3.05) is 13.7 Å². The number of rotatable bonds is 2. The summed E-state index contributed by atoms with van der Waals surface area (Å²) >= 11 is 0. The summed E-state index contributed by atoms with van der Waals surface area (Å²) in [5.41, 5.74) is 3.69. The molecule has 18 heavy (non-hydrogen) atoms. The molecule has 1 unspecified atom stereocenters. The van der Waals surface area contributed by atoms with Crippen LogP contribution in [0.25, 0.3) is 5.69 Å². The van der Waals surface area contributed by atoms with Crippen molar-refractivity contribution in [1.82, 2.24) is 15.1 Å². The molecule has 1 aromatic carbocycles. The fraction of sp³-hybridized carbons (Fsp3) is 0.357. The summed E-state index contributed by atoms with van der Waals surface area (Å²) < 4.78 is 7.19. The predicted molar refractivity (Wildman–Crippen MR) is 70.2 cm³/mol. The lowest BCUT2D eigenvalue weighted by molar-refractivity contribution is 0.414. The normalized spacial score (nSPS) is 18.4. The molecule has 0 spiro atoms. The van der Waals surface area contributed by atoms with Crippen LogP contribution in [0.2, 0.25) is 0 Å². The van der Waals surface area contributed by atoms with Crippen molar-refractivity contribution in [3.05, 3.63) is 41.7 Å². The Morgan fingerprint density at radius 3 is 2.83 bits per heavy atom. The van der Waals surface area contributed by atoms with Crippen molar-refractivity contribution in [3.63, 3.8) is 0 Å². The standard InChI is InChI=1S/C14H17N3O/c1-10-7-15-9-14-13(10)8-16-17(14)11-3-5-12(18-2)6-4-11/h3-6,8,10,15H,7,9H2,1-2H3. The zero-order valence-corrected chi connectivity index (χ0v) is 10.7. The van der Waals surface area contributed by atoms with Crippen molar-refractivity contribution in [1.29, 1.82) is 0 Å². The molecule has 1 aromatic heterocycles. The first-order valence-corrected chi connectivity index (χ1v) is 6.21. The van der Waals surface area contributed by atoms with Crippen molar-refractivity contribution in [3.8, 4) is 11.4 Å². The second kappa shape index (κ2) is 4.46. The first-order chi connectivity index (χ1) is 8.79. The van der Waals surface area contributed by atoms with Crippen LogP contribution in [0.4, 0.5) is 0 Å². The SMILES string of the molecule is COc1ccc(-n2ncc3c2CNCC3C)cc1. The molecule has 1 N–H and O–H groups in total. The predicted octanol–water partition coefficient (Wildman–Crippen LogP) is 2.09. The van der Waals surface area contributed by atoms with Gasteiger partial charge in [0.2, 0.25) is 0 Å². The van der Waals surface area contributed by atoms with Gasteiger partial charge < -0.3 is 10.1 Å². The zero-order chi connectivity index (χ0) is 12.5. The van der Waals surface area contributed by atoms with E-state index in [0.29, 0.717) is 5.92 Å². The summed E-state index contributed by atoms with van der Waals surface area (Å²) in [6.07, 6.45) is 1.99. The van der Waals surface area contributed by atoms with Crippen molar-refractivity contribution >= 4 is 0 Å². The van der Waals surface area contributed by atoms with Crippen LogP contribution in [0.3, 0.4) is 0 Å². The maximum absolute atomic E-state index is 5.17. The van der Waals surface area contributed by atoms with E-state index in [9.17, 15) is 0 Å². The van der Waals surface area contributed by atoms with Crippen LogP contribution in [0.1, 0.15) is 24.1 Å². The van der Waals surface area contributed by atoms with E-state index in [1.165, 1.54) is 11.3 Å². The molecule has 0 fully saturated rings. The molecule has 0 saturated heterocycles. The molecule has 2 heterocycles. The molecule has 1 aliphatic heterocycles. The number of nitrogens with zero attached hydrogens (tertiary/aromatic N) is 2. The second-order valence-corrected chi connectivity index (χ2v) is 4.69. The molecular formula is C14H17N3O. The summed E-state index contributed by atoms with van der Waals surface area (Å²) in [7, 11) is 1.68.